The summed E-state index contributed by atoms with van der Waals surface area (Å²) in [6.45, 7) is 11.7. The van der Waals surface area contributed by atoms with Crippen LogP contribution >= 0.6 is 11.3 Å². The Labute approximate surface area is 115 Å². The van der Waals surface area contributed by atoms with Crippen LogP contribution in [0, 0.1) is 5.92 Å². The van der Waals surface area contributed by atoms with Crippen molar-refractivity contribution in [2.75, 3.05) is 11.4 Å². The number of nitrogens with zero attached hydrogens (tertiary/aromatic N) is 2. The van der Waals surface area contributed by atoms with Crippen molar-refractivity contribution in [2.45, 2.75) is 59.6 Å². The molecule has 0 aliphatic heterocycles. The normalized spacial score (nSPS) is 13.3. The summed E-state index contributed by atoms with van der Waals surface area (Å²) in [5.41, 5.74) is 0. The van der Waals surface area contributed by atoms with Crippen molar-refractivity contribution in [3.8, 4) is 0 Å². The minimum absolute atomic E-state index is 0.418. The van der Waals surface area contributed by atoms with E-state index in [0.717, 1.165) is 29.4 Å². The third-order valence-electron chi connectivity index (χ3n) is 3.11. The lowest BCUT2D eigenvalue weighted by atomic mass is 10.1. The lowest BCUT2D eigenvalue weighted by Crippen LogP contribution is -2.37. The molecule has 1 heterocycles. The largest absolute Gasteiger partial charge is 0.388 e. The Morgan fingerprint density at radius 2 is 1.89 bits per heavy atom. The molecule has 0 saturated heterocycles. The van der Waals surface area contributed by atoms with Gasteiger partial charge in [0.1, 0.15) is 0 Å². The molecule has 1 rings (SSSR count). The van der Waals surface area contributed by atoms with Crippen LogP contribution in [-0.2, 0) is 0 Å². The summed E-state index contributed by atoms with van der Waals surface area (Å²) in [4.78, 5) is 7.84. The monoisotopic (exact) mass is 270 g/mol. The predicted octanol–water partition coefficient (Wildman–Crippen LogP) is 3.85. The van der Waals surface area contributed by atoms with Crippen molar-refractivity contribution in [1.82, 2.24) is 4.98 Å². The molecule has 0 bridgehead atoms. The van der Waals surface area contributed by atoms with E-state index in [1.54, 1.807) is 24.5 Å². The summed E-state index contributed by atoms with van der Waals surface area (Å²) in [5.74, 6) is 0.615. The van der Waals surface area contributed by atoms with Gasteiger partial charge in [-0.15, -0.1) is 0 Å². The van der Waals surface area contributed by atoms with E-state index in [1.165, 1.54) is 0 Å². The SMILES string of the molecule is CCC(CC)N(CC(C)C)c1ncc(C(C)O)s1. The standard InChI is InChI=1S/C14H26N2OS/c1-6-12(7-2)16(9-10(3)4)14-15-8-13(18-14)11(5)17/h8,10-12,17H,6-7,9H2,1-5H3. The van der Waals surface area contributed by atoms with Crippen LogP contribution < -0.4 is 4.90 Å². The Morgan fingerprint density at radius 1 is 1.28 bits per heavy atom. The lowest BCUT2D eigenvalue weighted by molar-refractivity contribution is 0.203. The molecular formula is C14H26N2OS. The maximum absolute atomic E-state index is 9.61. The van der Waals surface area contributed by atoms with E-state index in [4.69, 9.17) is 0 Å². The molecule has 0 aliphatic rings. The Balaban J connectivity index is 2.93. The molecule has 18 heavy (non-hydrogen) atoms. The molecule has 1 aromatic heterocycles. The van der Waals surface area contributed by atoms with Gasteiger partial charge in [0.25, 0.3) is 0 Å². The van der Waals surface area contributed by atoms with Gasteiger partial charge in [-0.1, -0.05) is 39.0 Å². The zero-order valence-corrected chi connectivity index (χ0v) is 13.0. The molecule has 104 valence electrons. The van der Waals surface area contributed by atoms with Gasteiger partial charge >= 0.3 is 0 Å². The van der Waals surface area contributed by atoms with Gasteiger partial charge in [0, 0.05) is 18.8 Å². The van der Waals surface area contributed by atoms with Crippen LogP contribution in [0.3, 0.4) is 0 Å². The van der Waals surface area contributed by atoms with Crippen molar-refractivity contribution in [1.29, 1.82) is 0 Å². The molecule has 0 aliphatic carbocycles. The molecule has 0 fully saturated rings. The van der Waals surface area contributed by atoms with Crippen molar-refractivity contribution in [3.63, 3.8) is 0 Å². The summed E-state index contributed by atoms with van der Waals surface area (Å²) in [7, 11) is 0. The van der Waals surface area contributed by atoms with Crippen LogP contribution in [0.4, 0.5) is 5.13 Å². The van der Waals surface area contributed by atoms with Crippen LogP contribution in [0.25, 0.3) is 0 Å². The molecular weight excluding hydrogens is 244 g/mol. The summed E-state index contributed by atoms with van der Waals surface area (Å²) < 4.78 is 0. The molecule has 0 amide bonds. The second kappa shape index (κ2) is 7.10. The maximum atomic E-state index is 9.61. The molecule has 0 spiro atoms. The molecule has 1 aromatic rings. The maximum Gasteiger partial charge on any atom is 0.185 e. The number of hydrogen-bond donors (Lipinski definition) is 1. The third kappa shape index (κ3) is 3.95. The highest BCUT2D eigenvalue weighted by Gasteiger charge is 2.20. The fraction of sp³-hybridized carbons (Fsp3) is 0.786. The average Bonchev–Trinajstić information content (AvgIpc) is 2.78. The highest BCUT2D eigenvalue weighted by atomic mass is 32.1. The molecule has 1 unspecified atom stereocenters. The van der Waals surface area contributed by atoms with E-state index in [2.05, 4.69) is 37.6 Å². The lowest BCUT2D eigenvalue weighted by Gasteiger charge is -2.31. The second-order valence-corrected chi connectivity index (χ2v) is 6.28. The van der Waals surface area contributed by atoms with Crippen molar-refractivity contribution < 1.29 is 5.11 Å². The Bertz CT molecular complexity index is 345. The van der Waals surface area contributed by atoms with Gasteiger partial charge in [-0.2, -0.15) is 0 Å². The quantitative estimate of drug-likeness (QED) is 0.817. The van der Waals surface area contributed by atoms with Gasteiger partial charge in [-0.05, 0) is 25.7 Å². The Hall–Kier alpha value is -0.610. The van der Waals surface area contributed by atoms with Crippen molar-refractivity contribution >= 4 is 16.5 Å². The van der Waals surface area contributed by atoms with Gasteiger partial charge in [0.15, 0.2) is 5.13 Å². The molecule has 0 radical (unpaired) electrons. The summed E-state index contributed by atoms with van der Waals surface area (Å²) in [5, 5.41) is 10.7. The predicted molar refractivity (Wildman–Crippen MR) is 79.3 cm³/mol. The van der Waals surface area contributed by atoms with Crippen molar-refractivity contribution in [3.05, 3.63) is 11.1 Å². The number of anilines is 1. The molecule has 0 saturated carbocycles. The number of thiazole rings is 1. The molecule has 4 heteroatoms. The summed E-state index contributed by atoms with van der Waals surface area (Å²) >= 11 is 1.61. The minimum Gasteiger partial charge on any atom is -0.388 e. The Morgan fingerprint density at radius 3 is 2.28 bits per heavy atom. The number of aliphatic hydroxyl groups excluding tert-OH is 1. The van der Waals surface area contributed by atoms with E-state index >= 15 is 0 Å². The van der Waals surface area contributed by atoms with Crippen LogP contribution in [0.1, 0.15) is 58.4 Å². The smallest absolute Gasteiger partial charge is 0.185 e. The first kappa shape index (κ1) is 15.4. The second-order valence-electron chi connectivity index (χ2n) is 5.24. The number of rotatable bonds is 7. The van der Waals surface area contributed by atoms with E-state index in [0.29, 0.717) is 12.0 Å². The molecule has 0 aromatic carbocycles. The molecule has 1 N–H and O–H groups in total. The first-order chi connectivity index (χ1) is 8.49. The van der Waals surface area contributed by atoms with Crippen LogP contribution in [-0.4, -0.2) is 22.7 Å². The minimum atomic E-state index is -0.418. The highest BCUT2D eigenvalue weighted by molar-refractivity contribution is 7.15. The van der Waals surface area contributed by atoms with Gasteiger partial charge in [-0.3, -0.25) is 0 Å². The van der Waals surface area contributed by atoms with Gasteiger partial charge in [0.05, 0.1) is 11.0 Å². The molecule has 3 nitrogen and oxygen atoms in total. The number of hydrogen-bond acceptors (Lipinski definition) is 4. The topological polar surface area (TPSA) is 36.4 Å². The zero-order valence-electron chi connectivity index (χ0n) is 12.2. The average molecular weight is 270 g/mol. The first-order valence-electron chi connectivity index (χ1n) is 6.89. The highest BCUT2D eigenvalue weighted by Crippen LogP contribution is 2.30. The molecule has 1 atom stereocenters. The zero-order chi connectivity index (χ0) is 13.7. The summed E-state index contributed by atoms with van der Waals surface area (Å²) in [6.07, 6.45) is 3.65. The van der Waals surface area contributed by atoms with Gasteiger partial charge in [0.2, 0.25) is 0 Å². The fourth-order valence-corrected chi connectivity index (χ4v) is 3.04. The van der Waals surface area contributed by atoms with Gasteiger partial charge in [-0.25, -0.2) is 4.98 Å². The van der Waals surface area contributed by atoms with E-state index in [-0.39, 0.29) is 0 Å². The summed E-state index contributed by atoms with van der Waals surface area (Å²) in [6, 6.07) is 0.542. The van der Waals surface area contributed by atoms with Crippen molar-refractivity contribution in [2.24, 2.45) is 5.92 Å². The fourth-order valence-electron chi connectivity index (χ4n) is 2.11. The van der Waals surface area contributed by atoms with Crippen LogP contribution in [0.15, 0.2) is 6.20 Å². The van der Waals surface area contributed by atoms with E-state index < -0.39 is 6.10 Å². The first-order valence-corrected chi connectivity index (χ1v) is 7.71. The van der Waals surface area contributed by atoms with Crippen LogP contribution in [0.2, 0.25) is 0 Å². The van der Waals surface area contributed by atoms with E-state index in [1.807, 2.05) is 0 Å². The number of aliphatic hydroxyl groups is 1. The van der Waals surface area contributed by atoms with E-state index in [9.17, 15) is 5.11 Å². The Kier molecular flexibility index (Phi) is 6.09. The number of aromatic nitrogens is 1. The third-order valence-corrected chi connectivity index (χ3v) is 4.32. The van der Waals surface area contributed by atoms with Gasteiger partial charge < -0.3 is 10.0 Å². The van der Waals surface area contributed by atoms with Crippen LogP contribution in [0.5, 0.6) is 0 Å².